The number of aromatic amines is 1. The number of amides is 2. The van der Waals surface area contributed by atoms with Crippen LogP contribution in [-0.4, -0.2) is 43.1 Å². The van der Waals surface area contributed by atoms with Gasteiger partial charge in [0, 0.05) is 16.3 Å². The van der Waals surface area contributed by atoms with Crippen molar-refractivity contribution < 1.29 is 9.69 Å². The maximum absolute atomic E-state index is 12.9. The summed E-state index contributed by atoms with van der Waals surface area (Å²) in [4.78, 5) is 31.6. The molecule has 3 N–H and O–H groups in total. The van der Waals surface area contributed by atoms with Crippen molar-refractivity contribution in [3.05, 3.63) is 74.5 Å². The molecule has 0 fully saturated rings. The first-order valence-electron chi connectivity index (χ1n) is 9.97. The molecule has 0 radical (unpaired) electrons. The van der Waals surface area contributed by atoms with E-state index in [0.717, 1.165) is 28.6 Å². The molecule has 3 rings (SSSR count). The second-order valence-electron chi connectivity index (χ2n) is 7.91. The van der Waals surface area contributed by atoms with Gasteiger partial charge in [-0.05, 0) is 60.7 Å². The molecule has 1 heterocycles. The maximum Gasteiger partial charge on any atom is 0.322 e. The van der Waals surface area contributed by atoms with Gasteiger partial charge in [0.05, 0.1) is 39.2 Å². The van der Waals surface area contributed by atoms with E-state index in [0.29, 0.717) is 22.8 Å². The predicted molar refractivity (Wildman–Crippen MR) is 123 cm³/mol. The number of nitrogens with zero attached hydrogens (tertiary/aromatic N) is 1. The largest absolute Gasteiger partial charge is 0.338 e. The first-order valence-corrected chi connectivity index (χ1v) is 10.3. The molecule has 30 heavy (non-hydrogen) atoms. The summed E-state index contributed by atoms with van der Waals surface area (Å²) in [7, 11) is 4.06. The number of H-pyrrole nitrogens is 1. The van der Waals surface area contributed by atoms with Gasteiger partial charge in [0.1, 0.15) is 0 Å². The number of nitrogens with one attached hydrogen (secondary N) is 3. The Bertz CT molecular complexity index is 1110. The number of likely N-dealkylation sites (N-methyl/N-ethyl adjacent to an activating group) is 1. The van der Waals surface area contributed by atoms with Crippen LogP contribution in [0.2, 0.25) is 5.02 Å². The Morgan fingerprint density at radius 3 is 2.50 bits per heavy atom. The summed E-state index contributed by atoms with van der Waals surface area (Å²) in [5.74, 6) is 0. The summed E-state index contributed by atoms with van der Waals surface area (Å²) in [6.45, 7) is 5.53. The molecule has 0 aliphatic carbocycles. The standard InChI is InChI=1S/C23H27ClN4O2/c1-15-5-6-17-13-18(22(29)26-21(17)16(15)2)14-28(12-11-27(3)4)23(30)25-20-9-7-19(24)8-10-20/h5-10,13H,11-12,14H2,1-4H3,(H,25,30)(H,26,29)/p+1. The summed E-state index contributed by atoms with van der Waals surface area (Å²) in [6, 6.07) is 12.6. The van der Waals surface area contributed by atoms with Gasteiger partial charge in [0.2, 0.25) is 0 Å². The molecule has 2 aromatic carbocycles. The zero-order chi connectivity index (χ0) is 21.8. The van der Waals surface area contributed by atoms with Crippen LogP contribution in [0.5, 0.6) is 0 Å². The van der Waals surface area contributed by atoms with Gasteiger partial charge in [-0.25, -0.2) is 4.79 Å². The zero-order valence-corrected chi connectivity index (χ0v) is 18.6. The topological polar surface area (TPSA) is 69.6 Å². The number of halogens is 1. The van der Waals surface area contributed by atoms with E-state index < -0.39 is 0 Å². The first kappa shape index (κ1) is 21.9. The smallest absolute Gasteiger partial charge is 0.322 e. The minimum Gasteiger partial charge on any atom is -0.338 e. The van der Waals surface area contributed by atoms with Crippen LogP contribution in [0.25, 0.3) is 10.9 Å². The van der Waals surface area contributed by atoms with E-state index in [2.05, 4.69) is 10.3 Å². The van der Waals surface area contributed by atoms with Crippen LogP contribution in [0.4, 0.5) is 10.5 Å². The van der Waals surface area contributed by atoms with Crippen molar-refractivity contribution in [3.63, 3.8) is 0 Å². The minimum atomic E-state index is -0.252. The van der Waals surface area contributed by atoms with Gasteiger partial charge in [-0.2, -0.15) is 0 Å². The molecule has 158 valence electrons. The predicted octanol–water partition coefficient (Wildman–Crippen LogP) is 2.98. The number of benzene rings is 2. The van der Waals surface area contributed by atoms with E-state index >= 15 is 0 Å². The Balaban J connectivity index is 1.87. The Labute approximate surface area is 181 Å². The maximum atomic E-state index is 12.9. The zero-order valence-electron chi connectivity index (χ0n) is 17.8. The molecule has 0 atom stereocenters. The highest BCUT2D eigenvalue weighted by Gasteiger charge is 2.18. The third-order valence-corrected chi connectivity index (χ3v) is 5.51. The number of hydrogen-bond acceptors (Lipinski definition) is 2. The van der Waals surface area contributed by atoms with Crippen molar-refractivity contribution in [1.82, 2.24) is 9.88 Å². The lowest BCUT2D eigenvalue weighted by Gasteiger charge is -2.23. The number of fused-ring (bicyclic) bond motifs is 1. The molecule has 1 aromatic heterocycles. The van der Waals surface area contributed by atoms with E-state index in [9.17, 15) is 9.59 Å². The second kappa shape index (κ2) is 9.32. The van der Waals surface area contributed by atoms with Gasteiger partial charge < -0.3 is 20.1 Å². The van der Waals surface area contributed by atoms with E-state index in [1.165, 1.54) is 4.90 Å². The van der Waals surface area contributed by atoms with Crippen LogP contribution in [0.3, 0.4) is 0 Å². The number of aryl methyl sites for hydroxylation is 2. The van der Waals surface area contributed by atoms with Crippen LogP contribution in [0.1, 0.15) is 16.7 Å². The fourth-order valence-corrected chi connectivity index (χ4v) is 3.37. The van der Waals surface area contributed by atoms with E-state index in [-0.39, 0.29) is 18.1 Å². The average Bonchev–Trinajstić information content (AvgIpc) is 2.70. The van der Waals surface area contributed by atoms with Gasteiger partial charge in [-0.15, -0.1) is 0 Å². The number of pyridine rings is 1. The van der Waals surface area contributed by atoms with Gasteiger partial charge in [-0.1, -0.05) is 23.7 Å². The second-order valence-corrected chi connectivity index (χ2v) is 8.35. The highest BCUT2D eigenvalue weighted by Crippen LogP contribution is 2.20. The fourth-order valence-electron chi connectivity index (χ4n) is 3.24. The van der Waals surface area contributed by atoms with Crippen molar-refractivity contribution in [2.75, 3.05) is 32.5 Å². The Hall–Kier alpha value is -2.83. The van der Waals surface area contributed by atoms with Gasteiger partial charge in [0.15, 0.2) is 0 Å². The molecule has 0 saturated heterocycles. The third kappa shape index (κ3) is 5.20. The summed E-state index contributed by atoms with van der Waals surface area (Å²) < 4.78 is 0. The van der Waals surface area contributed by atoms with Gasteiger partial charge >= 0.3 is 6.03 Å². The third-order valence-electron chi connectivity index (χ3n) is 5.25. The highest BCUT2D eigenvalue weighted by atomic mass is 35.5. The SMILES string of the molecule is Cc1ccc2cc(CN(CC[NH+](C)C)C(=O)Nc3ccc(Cl)cc3)c(=O)[nH]c2c1C. The van der Waals surface area contributed by atoms with Gasteiger partial charge in [0.25, 0.3) is 5.56 Å². The Kier molecular flexibility index (Phi) is 6.80. The number of aromatic nitrogens is 1. The van der Waals surface area contributed by atoms with Crippen molar-refractivity contribution in [1.29, 1.82) is 0 Å². The molecule has 0 aliphatic rings. The van der Waals surface area contributed by atoms with Crippen LogP contribution in [0.15, 0.2) is 47.3 Å². The van der Waals surface area contributed by atoms with Crippen molar-refractivity contribution >= 4 is 34.2 Å². The molecule has 0 unspecified atom stereocenters. The number of quaternary nitrogens is 1. The molecule has 3 aromatic rings. The average molecular weight is 428 g/mol. The van der Waals surface area contributed by atoms with Crippen LogP contribution in [-0.2, 0) is 6.54 Å². The number of urea groups is 1. The number of rotatable bonds is 6. The first-order chi connectivity index (χ1) is 14.2. The molecular formula is C23H28ClN4O2+. The Morgan fingerprint density at radius 2 is 1.83 bits per heavy atom. The Morgan fingerprint density at radius 1 is 1.13 bits per heavy atom. The van der Waals surface area contributed by atoms with E-state index in [1.807, 2.05) is 46.1 Å². The van der Waals surface area contributed by atoms with Crippen molar-refractivity contribution in [3.8, 4) is 0 Å². The molecule has 7 heteroatoms. The summed E-state index contributed by atoms with van der Waals surface area (Å²) >= 11 is 5.92. The number of anilines is 1. The summed E-state index contributed by atoms with van der Waals surface area (Å²) in [6.07, 6.45) is 0. The number of carbonyl (C=O) groups excluding carboxylic acids is 1. The lowest BCUT2D eigenvalue weighted by molar-refractivity contribution is -0.857. The van der Waals surface area contributed by atoms with Crippen LogP contribution >= 0.6 is 11.6 Å². The highest BCUT2D eigenvalue weighted by molar-refractivity contribution is 6.30. The van der Waals surface area contributed by atoms with E-state index in [1.54, 1.807) is 29.2 Å². The number of hydrogen-bond donors (Lipinski definition) is 3. The van der Waals surface area contributed by atoms with Crippen LogP contribution in [0, 0.1) is 13.8 Å². The molecule has 6 nitrogen and oxygen atoms in total. The van der Waals surface area contributed by atoms with Gasteiger partial charge in [-0.3, -0.25) is 4.79 Å². The lowest BCUT2D eigenvalue weighted by atomic mass is 10.0. The quantitative estimate of drug-likeness (QED) is 0.566. The lowest BCUT2D eigenvalue weighted by Crippen LogP contribution is -3.06. The van der Waals surface area contributed by atoms with Crippen molar-refractivity contribution in [2.45, 2.75) is 20.4 Å². The molecule has 0 aliphatic heterocycles. The van der Waals surface area contributed by atoms with Crippen LogP contribution < -0.4 is 15.8 Å². The molecular weight excluding hydrogens is 400 g/mol. The summed E-state index contributed by atoms with van der Waals surface area (Å²) in [5, 5.41) is 4.46. The fraction of sp³-hybridized carbons (Fsp3) is 0.304. The minimum absolute atomic E-state index is 0.169. The summed E-state index contributed by atoms with van der Waals surface area (Å²) in [5.41, 5.74) is 4.08. The molecule has 0 bridgehead atoms. The normalized spacial score (nSPS) is 11.1. The molecule has 0 spiro atoms. The number of carbonyl (C=O) groups is 1. The van der Waals surface area contributed by atoms with Crippen molar-refractivity contribution in [2.24, 2.45) is 0 Å². The monoisotopic (exact) mass is 427 g/mol. The van der Waals surface area contributed by atoms with E-state index in [4.69, 9.17) is 11.6 Å². The molecule has 2 amide bonds. The molecule has 0 saturated carbocycles.